The highest BCUT2D eigenvalue weighted by Crippen LogP contribution is 2.32. The predicted octanol–water partition coefficient (Wildman–Crippen LogP) is 4.39. The molecule has 0 unspecified atom stereocenters. The average Bonchev–Trinajstić information content (AvgIpc) is 3.40. The van der Waals surface area contributed by atoms with Gasteiger partial charge in [0.25, 0.3) is 0 Å². The number of fused-ring (bicyclic) bond motifs is 1. The Labute approximate surface area is 179 Å². The number of ether oxygens (including phenoxy) is 1. The molecule has 0 aliphatic rings. The maximum atomic E-state index is 13.3. The molecule has 2 aromatic heterocycles. The van der Waals surface area contributed by atoms with Gasteiger partial charge in [0, 0.05) is 18.9 Å². The van der Waals surface area contributed by atoms with Crippen molar-refractivity contribution < 1.29 is 9.53 Å². The van der Waals surface area contributed by atoms with Crippen LogP contribution >= 0.6 is 11.3 Å². The van der Waals surface area contributed by atoms with Gasteiger partial charge in [-0.15, -0.1) is 0 Å². The zero-order chi connectivity index (χ0) is 21.1. The molecule has 2 heterocycles. The molecular formula is C23H24N4O2S. The summed E-state index contributed by atoms with van der Waals surface area (Å²) < 4.78 is 8.14. The summed E-state index contributed by atoms with van der Waals surface area (Å²) in [5.41, 5.74) is 4.28. The summed E-state index contributed by atoms with van der Waals surface area (Å²) in [5, 5.41) is 4.95. The summed E-state index contributed by atoms with van der Waals surface area (Å²) in [7, 11) is 1.65. The Kier molecular flexibility index (Phi) is 5.81. The number of anilines is 1. The molecule has 7 heteroatoms. The van der Waals surface area contributed by atoms with E-state index in [0.29, 0.717) is 24.6 Å². The lowest BCUT2D eigenvalue weighted by atomic mass is 10.0. The molecule has 154 valence electrons. The second-order valence-corrected chi connectivity index (χ2v) is 8.25. The van der Waals surface area contributed by atoms with E-state index < -0.39 is 0 Å². The van der Waals surface area contributed by atoms with Crippen LogP contribution in [0.4, 0.5) is 5.13 Å². The molecule has 2 aromatic carbocycles. The van der Waals surface area contributed by atoms with E-state index in [2.05, 4.69) is 31.1 Å². The number of benzene rings is 2. The van der Waals surface area contributed by atoms with E-state index in [1.54, 1.807) is 18.2 Å². The van der Waals surface area contributed by atoms with Crippen molar-refractivity contribution in [3.63, 3.8) is 0 Å². The maximum absolute atomic E-state index is 13.3. The summed E-state index contributed by atoms with van der Waals surface area (Å²) >= 11 is 1.50. The van der Waals surface area contributed by atoms with Gasteiger partial charge in [0.15, 0.2) is 5.13 Å². The largest absolute Gasteiger partial charge is 0.497 e. The van der Waals surface area contributed by atoms with Crippen molar-refractivity contribution >= 4 is 32.6 Å². The minimum atomic E-state index is 0.0245. The van der Waals surface area contributed by atoms with Gasteiger partial charge in [0.05, 0.1) is 30.3 Å². The fourth-order valence-corrected chi connectivity index (χ4v) is 4.32. The van der Waals surface area contributed by atoms with Gasteiger partial charge in [-0.3, -0.25) is 14.4 Å². The van der Waals surface area contributed by atoms with Crippen molar-refractivity contribution in [2.75, 3.05) is 18.6 Å². The van der Waals surface area contributed by atoms with E-state index >= 15 is 0 Å². The standard InChI is InChI=1S/C23H24N4O2S/c1-16-5-6-18(13-17(16)2)14-22(28)27(12-11-26-10-4-9-24-26)23-25-20-8-7-19(29-3)15-21(20)30-23/h4-10,13,15H,11-12,14H2,1-3H3. The van der Waals surface area contributed by atoms with Gasteiger partial charge in [0.2, 0.25) is 5.91 Å². The number of aromatic nitrogens is 3. The van der Waals surface area contributed by atoms with E-state index in [0.717, 1.165) is 21.5 Å². The van der Waals surface area contributed by atoms with E-state index in [1.165, 1.54) is 22.5 Å². The quantitative estimate of drug-likeness (QED) is 0.445. The molecule has 30 heavy (non-hydrogen) atoms. The maximum Gasteiger partial charge on any atom is 0.233 e. The van der Waals surface area contributed by atoms with E-state index in [9.17, 15) is 4.79 Å². The van der Waals surface area contributed by atoms with Crippen LogP contribution in [0.3, 0.4) is 0 Å². The van der Waals surface area contributed by atoms with E-state index in [1.807, 2.05) is 41.2 Å². The molecule has 0 atom stereocenters. The third-order valence-corrected chi connectivity index (χ3v) is 6.20. The minimum absolute atomic E-state index is 0.0245. The Morgan fingerprint density at radius 1 is 1.17 bits per heavy atom. The summed E-state index contributed by atoms with van der Waals surface area (Å²) in [6.45, 7) is 5.25. The van der Waals surface area contributed by atoms with Crippen LogP contribution < -0.4 is 9.64 Å². The Hall–Kier alpha value is -3.19. The normalized spacial score (nSPS) is 11.0. The lowest BCUT2D eigenvalue weighted by Gasteiger charge is -2.20. The average molecular weight is 421 g/mol. The lowest BCUT2D eigenvalue weighted by Crippen LogP contribution is -2.35. The molecular weight excluding hydrogens is 396 g/mol. The summed E-state index contributed by atoms with van der Waals surface area (Å²) in [5.74, 6) is 0.804. The van der Waals surface area contributed by atoms with Gasteiger partial charge in [-0.2, -0.15) is 5.10 Å². The summed E-state index contributed by atoms with van der Waals surface area (Å²) in [6.07, 6.45) is 3.97. The van der Waals surface area contributed by atoms with Gasteiger partial charge < -0.3 is 4.74 Å². The van der Waals surface area contributed by atoms with Gasteiger partial charge >= 0.3 is 0 Å². The molecule has 4 aromatic rings. The number of rotatable bonds is 7. The Morgan fingerprint density at radius 3 is 2.77 bits per heavy atom. The first-order valence-corrected chi connectivity index (χ1v) is 10.6. The third kappa shape index (κ3) is 4.36. The number of carbonyl (C=O) groups is 1. The molecule has 1 amide bonds. The van der Waals surface area contributed by atoms with Crippen molar-refractivity contribution in [3.05, 3.63) is 71.5 Å². The monoisotopic (exact) mass is 420 g/mol. The van der Waals surface area contributed by atoms with Crippen molar-refractivity contribution in [3.8, 4) is 5.75 Å². The molecule has 0 bridgehead atoms. The fraction of sp³-hybridized carbons (Fsp3) is 0.261. The topological polar surface area (TPSA) is 60.2 Å². The predicted molar refractivity (Wildman–Crippen MR) is 120 cm³/mol. The SMILES string of the molecule is COc1ccc2nc(N(CCn3cccn3)C(=O)Cc3ccc(C)c(C)c3)sc2c1. The number of hydrogen-bond donors (Lipinski definition) is 0. The highest BCUT2D eigenvalue weighted by Gasteiger charge is 2.20. The van der Waals surface area contributed by atoms with Gasteiger partial charge in [-0.25, -0.2) is 4.98 Å². The number of methoxy groups -OCH3 is 1. The summed E-state index contributed by atoms with van der Waals surface area (Å²) in [4.78, 5) is 19.8. The first-order chi connectivity index (χ1) is 14.5. The Balaban J connectivity index is 1.62. The van der Waals surface area contributed by atoms with Crippen molar-refractivity contribution in [2.24, 2.45) is 0 Å². The van der Waals surface area contributed by atoms with Gasteiger partial charge in [0.1, 0.15) is 5.75 Å². The molecule has 0 aliphatic carbocycles. The number of thiazole rings is 1. The molecule has 6 nitrogen and oxygen atoms in total. The lowest BCUT2D eigenvalue weighted by molar-refractivity contribution is -0.118. The van der Waals surface area contributed by atoms with Crippen molar-refractivity contribution in [1.29, 1.82) is 0 Å². The second-order valence-electron chi connectivity index (χ2n) is 7.24. The molecule has 0 spiro atoms. The highest BCUT2D eigenvalue weighted by atomic mass is 32.1. The van der Waals surface area contributed by atoms with Crippen LogP contribution in [-0.4, -0.2) is 34.3 Å². The van der Waals surface area contributed by atoms with Crippen LogP contribution in [0.1, 0.15) is 16.7 Å². The van der Waals surface area contributed by atoms with Crippen LogP contribution in [-0.2, 0) is 17.8 Å². The number of nitrogens with zero attached hydrogens (tertiary/aromatic N) is 4. The van der Waals surface area contributed by atoms with Crippen LogP contribution in [0.15, 0.2) is 54.9 Å². The number of aryl methyl sites for hydroxylation is 2. The van der Waals surface area contributed by atoms with Crippen LogP contribution in [0.2, 0.25) is 0 Å². The first kappa shape index (κ1) is 20.1. The summed E-state index contributed by atoms with van der Waals surface area (Å²) in [6, 6.07) is 13.8. The fourth-order valence-electron chi connectivity index (χ4n) is 3.28. The Bertz CT molecular complexity index is 1170. The molecule has 4 rings (SSSR count). The van der Waals surface area contributed by atoms with Gasteiger partial charge in [-0.05, 0) is 54.8 Å². The smallest absolute Gasteiger partial charge is 0.233 e. The molecule has 0 saturated heterocycles. The highest BCUT2D eigenvalue weighted by molar-refractivity contribution is 7.22. The first-order valence-electron chi connectivity index (χ1n) is 9.82. The van der Waals surface area contributed by atoms with Crippen molar-refractivity contribution in [2.45, 2.75) is 26.8 Å². The molecule has 0 radical (unpaired) electrons. The van der Waals surface area contributed by atoms with Crippen LogP contribution in [0.25, 0.3) is 10.2 Å². The molecule has 0 aliphatic heterocycles. The van der Waals surface area contributed by atoms with Gasteiger partial charge in [-0.1, -0.05) is 29.5 Å². The molecule has 0 N–H and O–H groups in total. The van der Waals surface area contributed by atoms with Crippen molar-refractivity contribution in [1.82, 2.24) is 14.8 Å². The number of carbonyl (C=O) groups excluding carboxylic acids is 1. The number of amides is 1. The van der Waals surface area contributed by atoms with Crippen LogP contribution in [0, 0.1) is 13.8 Å². The zero-order valence-corrected chi connectivity index (χ0v) is 18.1. The van der Waals surface area contributed by atoms with E-state index in [4.69, 9.17) is 9.72 Å². The Morgan fingerprint density at radius 2 is 2.03 bits per heavy atom. The third-order valence-electron chi connectivity index (χ3n) is 5.15. The zero-order valence-electron chi connectivity index (χ0n) is 17.3. The number of hydrogen-bond acceptors (Lipinski definition) is 5. The molecule has 0 fully saturated rings. The van der Waals surface area contributed by atoms with Crippen LogP contribution in [0.5, 0.6) is 5.75 Å². The molecule has 0 saturated carbocycles. The van der Waals surface area contributed by atoms with E-state index in [-0.39, 0.29) is 5.91 Å². The second kappa shape index (κ2) is 8.67. The minimum Gasteiger partial charge on any atom is -0.497 e.